The van der Waals surface area contributed by atoms with E-state index in [1.54, 1.807) is 7.11 Å². The van der Waals surface area contributed by atoms with Crippen LogP contribution in [-0.2, 0) is 11.2 Å². The Morgan fingerprint density at radius 1 is 1.16 bits per heavy atom. The van der Waals surface area contributed by atoms with Crippen molar-refractivity contribution in [3.63, 3.8) is 0 Å². The van der Waals surface area contributed by atoms with Crippen molar-refractivity contribution in [1.82, 2.24) is 9.88 Å². The third kappa shape index (κ3) is 3.96. The fraction of sp³-hybridized carbons (Fsp3) is 0.571. The number of pyridine rings is 1. The topological polar surface area (TPSA) is 28.6 Å². The molecule has 4 nitrogen and oxygen atoms in total. The van der Waals surface area contributed by atoms with Gasteiger partial charge in [0.15, 0.2) is 0 Å². The standard InChI is InChI=1S/C21H31N3O/c1-5-17-14-19-18(16(2)3)6-7-22-21(19)20(15-17)24-10-8-23(9-11-24)12-13-25-4/h6-7,14-16H,5,8-13H2,1-4H3. The van der Waals surface area contributed by atoms with E-state index in [0.29, 0.717) is 5.92 Å². The Morgan fingerprint density at radius 3 is 2.56 bits per heavy atom. The number of methoxy groups -OCH3 is 1. The summed E-state index contributed by atoms with van der Waals surface area (Å²) in [4.78, 5) is 9.77. The molecule has 1 aliphatic heterocycles. The minimum Gasteiger partial charge on any atom is -0.383 e. The third-order valence-corrected chi connectivity index (χ3v) is 5.27. The second-order valence-corrected chi connectivity index (χ2v) is 7.24. The minimum absolute atomic E-state index is 0.511. The number of hydrogen-bond donors (Lipinski definition) is 0. The Morgan fingerprint density at radius 2 is 1.92 bits per heavy atom. The van der Waals surface area contributed by atoms with E-state index in [1.165, 1.54) is 22.2 Å². The van der Waals surface area contributed by atoms with Crippen LogP contribution in [0.1, 0.15) is 37.8 Å². The molecule has 1 aromatic carbocycles. The first-order valence-electron chi connectivity index (χ1n) is 9.51. The third-order valence-electron chi connectivity index (χ3n) is 5.27. The van der Waals surface area contributed by atoms with Crippen LogP contribution >= 0.6 is 0 Å². The largest absolute Gasteiger partial charge is 0.383 e. The molecule has 1 saturated heterocycles. The van der Waals surface area contributed by atoms with Crippen LogP contribution in [0.25, 0.3) is 10.9 Å². The SMILES string of the molecule is CCc1cc(N2CCN(CCOC)CC2)c2nccc(C(C)C)c2c1. The van der Waals surface area contributed by atoms with E-state index in [2.05, 4.69) is 48.8 Å². The summed E-state index contributed by atoms with van der Waals surface area (Å²) < 4.78 is 5.21. The number of benzene rings is 1. The van der Waals surface area contributed by atoms with Crippen LogP contribution in [0.4, 0.5) is 5.69 Å². The average Bonchev–Trinajstić information content (AvgIpc) is 2.65. The highest BCUT2D eigenvalue weighted by molar-refractivity contribution is 5.94. The van der Waals surface area contributed by atoms with Gasteiger partial charge < -0.3 is 9.64 Å². The Balaban J connectivity index is 1.92. The lowest BCUT2D eigenvalue weighted by Crippen LogP contribution is -2.47. The molecule has 2 aromatic rings. The zero-order valence-electron chi connectivity index (χ0n) is 16.1. The average molecular weight is 341 g/mol. The summed E-state index contributed by atoms with van der Waals surface area (Å²) in [5.74, 6) is 0.511. The number of anilines is 1. The van der Waals surface area contributed by atoms with Gasteiger partial charge in [-0.2, -0.15) is 0 Å². The van der Waals surface area contributed by atoms with Gasteiger partial charge in [0.05, 0.1) is 17.8 Å². The molecule has 0 amide bonds. The molecule has 2 heterocycles. The van der Waals surface area contributed by atoms with Crippen molar-refractivity contribution in [2.75, 3.05) is 51.3 Å². The summed E-state index contributed by atoms with van der Waals surface area (Å²) in [6, 6.07) is 6.87. The second kappa shape index (κ2) is 8.15. The Hall–Kier alpha value is -1.65. The summed E-state index contributed by atoms with van der Waals surface area (Å²) >= 11 is 0. The molecule has 1 fully saturated rings. The highest BCUT2D eigenvalue weighted by Crippen LogP contribution is 2.32. The van der Waals surface area contributed by atoms with Gasteiger partial charge in [-0.3, -0.25) is 9.88 Å². The monoisotopic (exact) mass is 341 g/mol. The van der Waals surface area contributed by atoms with Gasteiger partial charge in [-0.25, -0.2) is 0 Å². The number of hydrogen-bond acceptors (Lipinski definition) is 4. The van der Waals surface area contributed by atoms with E-state index in [0.717, 1.165) is 51.3 Å². The van der Waals surface area contributed by atoms with Crippen molar-refractivity contribution in [3.05, 3.63) is 35.5 Å². The van der Waals surface area contributed by atoms with Crippen molar-refractivity contribution in [2.24, 2.45) is 0 Å². The van der Waals surface area contributed by atoms with Gasteiger partial charge in [-0.05, 0) is 41.7 Å². The van der Waals surface area contributed by atoms with E-state index >= 15 is 0 Å². The number of rotatable bonds is 6. The first-order chi connectivity index (χ1) is 12.1. The first-order valence-corrected chi connectivity index (χ1v) is 9.51. The minimum atomic E-state index is 0.511. The molecule has 0 saturated carbocycles. The smallest absolute Gasteiger partial charge is 0.0938 e. The summed E-state index contributed by atoms with van der Waals surface area (Å²) in [5, 5.41) is 1.33. The second-order valence-electron chi connectivity index (χ2n) is 7.24. The van der Waals surface area contributed by atoms with Crippen LogP contribution < -0.4 is 4.90 Å². The van der Waals surface area contributed by atoms with Crippen LogP contribution in [-0.4, -0.2) is 56.3 Å². The highest BCUT2D eigenvalue weighted by atomic mass is 16.5. The molecule has 0 bridgehead atoms. The predicted molar refractivity (Wildman–Crippen MR) is 106 cm³/mol. The molecular weight excluding hydrogens is 310 g/mol. The predicted octanol–water partition coefficient (Wildman–Crippen LogP) is 3.69. The fourth-order valence-electron chi connectivity index (χ4n) is 3.70. The summed E-state index contributed by atoms with van der Waals surface area (Å²) in [7, 11) is 1.77. The van der Waals surface area contributed by atoms with Crippen molar-refractivity contribution in [1.29, 1.82) is 0 Å². The van der Waals surface area contributed by atoms with Crippen molar-refractivity contribution < 1.29 is 4.74 Å². The summed E-state index contributed by atoms with van der Waals surface area (Å²) in [6.45, 7) is 12.9. The van der Waals surface area contributed by atoms with Crippen molar-refractivity contribution in [2.45, 2.75) is 33.1 Å². The summed E-state index contributed by atoms with van der Waals surface area (Å²) in [6.07, 6.45) is 3.03. The number of aryl methyl sites for hydroxylation is 1. The zero-order valence-corrected chi connectivity index (χ0v) is 16.1. The van der Waals surface area contributed by atoms with Crippen molar-refractivity contribution in [3.8, 4) is 0 Å². The molecular formula is C21H31N3O. The van der Waals surface area contributed by atoms with Crippen LogP contribution in [0.15, 0.2) is 24.4 Å². The van der Waals surface area contributed by atoms with E-state index in [-0.39, 0.29) is 0 Å². The van der Waals surface area contributed by atoms with Crippen molar-refractivity contribution >= 4 is 16.6 Å². The van der Waals surface area contributed by atoms with E-state index < -0.39 is 0 Å². The van der Waals surface area contributed by atoms with Gasteiger partial charge >= 0.3 is 0 Å². The first kappa shape index (κ1) is 18.2. The number of fused-ring (bicyclic) bond motifs is 1. The maximum Gasteiger partial charge on any atom is 0.0938 e. The van der Waals surface area contributed by atoms with Gasteiger partial charge in [0.1, 0.15) is 0 Å². The van der Waals surface area contributed by atoms with E-state index in [9.17, 15) is 0 Å². The Labute approximate surface area is 151 Å². The van der Waals surface area contributed by atoms with Crippen LogP contribution in [0.5, 0.6) is 0 Å². The van der Waals surface area contributed by atoms with Gasteiger partial charge in [-0.15, -0.1) is 0 Å². The van der Waals surface area contributed by atoms with Gasteiger partial charge in [0, 0.05) is 51.4 Å². The van der Waals surface area contributed by atoms with E-state index in [4.69, 9.17) is 9.72 Å². The zero-order chi connectivity index (χ0) is 17.8. The number of ether oxygens (including phenoxy) is 1. The van der Waals surface area contributed by atoms with Gasteiger partial charge in [0.25, 0.3) is 0 Å². The highest BCUT2D eigenvalue weighted by Gasteiger charge is 2.20. The van der Waals surface area contributed by atoms with E-state index in [1.807, 2.05) is 6.20 Å². The fourth-order valence-corrected chi connectivity index (χ4v) is 3.70. The normalized spacial score (nSPS) is 16.1. The summed E-state index contributed by atoms with van der Waals surface area (Å²) in [5.41, 5.74) is 5.27. The quantitative estimate of drug-likeness (QED) is 0.801. The molecule has 25 heavy (non-hydrogen) atoms. The molecule has 1 aromatic heterocycles. The van der Waals surface area contributed by atoms with Gasteiger partial charge in [-0.1, -0.05) is 20.8 Å². The Bertz CT molecular complexity index is 706. The Kier molecular flexibility index (Phi) is 5.92. The molecule has 0 atom stereocenters. The van der Waals surface area contributed by atoms with Gasteiger partial charge in [0.2, 0.25) is 0 Å². The molecule has 1 aliphatic rings. The lowest BCUT2D eigenvalue weighted by Gasteiger charge is -2.36. The van der Waals surface area contributed by atoms with Crippen LogP contribution in [0.3, 0.4) is 0 Å². The maximum absolute atomic E-state index is 5.21. The molecule has 3 rings (SSSR count). The maximum atomic E-state index is 5.21. The molecule has 0 spiro atoms. The van der Waals surface area contributed by atoms with Crippen LogP contribution in [0.2, 0.25) is 0 Å². The molecule has 0 radical (unpaired) electrons. The number of aromatic nitrogens is 1. The lowest BCUT2D eigenvalue weighted by atomic mass is 9.96. The molecule has 136 valence electrons. The lowest BCUT2D eigenvalue weighted by molar-refractivity contribution is 0.144. The number of piperazine rings is 1. The van der Waals surface area contributed by atoms with Crippen LogP contribution in [0, 0.1) is 0 Å². The molecule has 0 unspecified atom stereocenters. The number of nitrogens with zero attached hydrogens (tertiary/aromatic N) is 3. The molecule has 4 heteroatoms. The molecule has 0 aliphatic carbocycles. The molecule has 0 N–H and O–H groups in total.